The Kier molecular flexibility index (Phi) is 10.2. The van der Waals surface area contributed by atoms with E-state index in [1.807, 2.05) is 36.4 Å². The van der Waals surface area contributed by atoms with Crippen LogP contribution in [0.5, 0.6) is 0 Å². The van der Waals surface area contributed by atoms with Gasteiger partial charge < -0.3 is 14.8 Å². The summed E-state index contributed by atoms with van der Waals surface area (Å²) in [5.41, 5.74) is 3.55. The molecule has 2 aliphatic heterocycles. The molecule has 0 aromatic heterocycles. The van der Waals surface area contributed by atoms with Crippen molar-refractivity contribution in [1.82, 2.24) is 15.1 Å². The maximum absolute atomic E-state index is 13.4. The Morgan fingerprint density at radius 3 is 2.37 bits per heavy atom. The van der Waals surface area contributed by atoms with E-state index < -0.39 is 23.7 Å². The number of amides is 3. The van der Waals surface area contributed by atoms with Gasteiger partial charge in [-0.15, -0.1) is 0 Å². The third-order valence-corrected chi connectivity index (χ3v) is 8.52. The number of halogens is 3. The first-order chi connectivity index (χ1) is 21.9. The van der Waals surface area contributed by atoms with Crippen LogP contribution < -0.4 is 10.2 Å². The molecule has 242 valence electrons. The van der Waals surface area contributed by atoms with Gasteiger partial charge in [-0.3, -0.25) is 14.7 Å². The zero-order valence-corrected chi connectivity index (χ0v) is 28.1. The van der Waals surface area contributed by atoms with Crippen LogP contribution in [0.1, 0.15) is 31.9 Å². The molecular weight excluding hydrogens is 651 g/mol. The third-order valence-electron chi connectivity index (χ3n) is 7.58. The van der Waals surface area contributed by atoms with Gasteiger partial charge in [0.2, 0.25) is 0 Å². The first kappa shape index (κ1) is 33.6. The molecule has 0 bridgehead atoms. The van der Waals surface area contributed by atoms with Crippen molar-refractivity contribution in [3.63, 3.8) is 0 Å². The van der Waals surface area contributed by atoms with E-state index in [1.54, 1.807) is 39.0 Å². The Morgan fingerprint density at radius 2 is 1.70 bits per heavy atom. The fourth-order valence-electron chi connectivity index (χ4n) is 5.63. The van der Waals surface area contributed by atoms with E-state index in [0.29, 0.717) is 39.5 Å². The number of carbonyl (C=O) groups is 3. The van der Waals surface area contributed by atoms with Gasteiger partial charge in [-0.25, -0.2) is 14.4 Å². The minimum absolute atomic E-state index is 0.0273. The van der Waals surface area contributed by atoms with Crippen molar-refractivity contribution in [2.45, 2.75) is 45.5 Å². The molecule has 3 aromatic rings. The fourth-order valence-corrected chi connectivity index (χ4v) is 6.44. The lowest BCUT2D eigenvalue weighted by atomic mass is 9.93. The molecule has 2 heterocycles. The first-order valence-electron chi connectivity index (χ1n) is 14.8. The number of fused-ring (bicyclic) bond motifs is 1. The number of anilines is 2. The highest BCUT2D eigenvalue weighted by Crippen LogP contribution is 2.45. The third kappa shape index (κ3) is 7.28. The molecule has 1 N–H and O–H groups in total. The number of nitrogens with one attached hydrogen (secondary N) is 1. The van der Waals surface area contributed by atoms with E-state index in [9.17, 15) is 14.4 Å². The number of hydrogen-bond donors (Lipinski definition) is 1. The van der Waals surface area contributed by atoms with Crippen molar-refractivity contribution in [3.05, 3.63) is 93.4 Å². The van der Waals surface area contributed by atoms with Gasteiger partial charge in [-0.2, -0.15) is 0 Å². The molecule has 0 radical (unpaired) electrons. The fraction of sp³-hybridized carbons (Fsp3) is 0.324. The summed E-state index contributed by atoms with van der Waals surface area (Å²) in [5.74, 6) is -0.522. The molecule has 1 atom stereocenters. The van der Waals surface area contributed by atoms with E-state index in [1.165, 1.54) is 15.9 Å². The van der Waals surface area contributed by atoms with E-state index in [4.69, 9.17) is 44.3 Å². The van der Waals surface area contributed by atoms with Gasteiger partial charge in [0, 0.05) is 48.9 Å². The van der Waals surface area contributed by atoms with Crippen LogP contribution in [-0.2, 0) is 27.4 Å². The Hall–Kier alpha value is -3.76. The van der Waals surface area contributed by atoms with E-state index >= 15 is 0 Å². The molecule has 3 aromatic carbocycles. The number of ether oxygens (including phenoxy) is 2. The minimum Gasteiger partial charge on any atom is -0.458 e. The zero-order chi connectivity index (χ0) is 33.2. The summed E-state index contributed by atoms with van der Waals surface area (Å²) in [7, 11) is 0. The van der Waals surface area contributed by atoms with Crippen molar-refractivity contribution >= 4 is 64.3 Å². The van der Waals surface area contributed by atoms with Crippen LogP contribution in [0.3, 0.4) is 0 Å². The largest absolute Gasteiger partial charge is 0.458 e. The van der Waals surface area contributed by atoms with Gasteiger partial charge in [0.15, 0.2) is 0 Å². The van der Waals surface area contributed by atoms with Crippen LogP contribution in [0.4, 0.5) is 21.0 Å². The van der Waals surface area contributed by atoms with Crippen molar-refractivity contribution in [3.8, 4) is 11.1 Å². The molecule has 1 fully saturated rings. The highest BCUT2D eigenvalue weighted by molar-refractivity contribution is 6.40. The molecule has 0 saturated carbocycles. The average molecular weight is 686 g/mol. The summed E-state index contributed by atoms with van der Waals surface area (Å²) in [6.07, 6.45) is 0.867. The summed E-state index contributed by atoms with van der Waals surface area (Å²) in [4.78, 5) is 44.7. The number of esters is 1. The number of piperazine rings is 1. The molecule has 12 heteroatoms. The lowest BCUT2D eigenvalue weighted by molar-refractivity contribution is -0.163. The lowest BCUT2D eigenvalue weighted by Crippen LogP contribution is -2.59. The predicted molar refractivity (Wildman–Crippen MR) is 181 cm³/mol. The van der Waals surface area contributed by atoms with Crippen molar-refractivity contribution < 1.29 is 23.9 Å². The van der Waals surface area contributed by atoms with Gasteiger partial charge in [0.1, 0.15) is 18.2 Å². The summed E-state index contributed by atoms with van der Waals surface area (Å²) >= 11 is 19.9. The van der Waals surface area contributed by atoms with Crippen molar-refractivity contribution in [2.75, 3.05) is 31.1 Å². The molecule has 3 amide bonds. The van der Waals surface area contributed by atoms with Crippen LogP contribution in [-0.4, -0.2) is 65.8 Å². The van der Waals surface area contributed by atoms with Gasteiger partial charge >= 0.3 is 18.1 Å². The highest BCUT2D eigenvalue weighted by atomic mass is 35.5. The minimum atomic E-state index is -0.893. The molecule has 2 aliphatic rings. The lowest BCUT2D eigenvalue weighted by Gasteiger charge is -2.40. The number of rotatable bonds is 7. The molecule has 5 rings (SSSR count). The number of urea groups is 1. The quantitative estimate of drug-likeness (QED) is 0.201. The standard InChI is InChI=1S/C34H35Cl3N4O5/c1-5-15-45-33(44)40-14-13-39(20-29(40)31(42)46-34(2,3)4)19-21-16-23(22-9-6-7-10-25(22)35)24-18-38-32(43)41(28(24)17-21)30-26(36)11-8-12-27(30)37/h5-12,16-17,29H,1,13-15,18-20H2,2-4H3,(H,38,43). The summed E-state index contributed by atoms with van der Waals surface area (Å²) in [5, 5.41) is 4.14. The number of benzene rings is 3. The van der Waals surface area contributed by atoms with E-state index in [2.05, 4.69) is 16.8 Å². The van der Waals surface area contributed by atoms with Crippen molar-refractivity contribution in [2.24, 2.45) is 0 Å². The number of carbonyl (C=O) groups excluding carboxylic acids is 3. The van der Waals surface area contributed by atoms with Gasteiger partial charge in [0.05, 0.1) is 21.4 Å². The van der Waals surface area contributed by atoms with Crippen LogP contribution in [0.25, 0.3) is 11.1 Å². The normalized spacial score (nSPS) is 16.8. The summed E-state index contributed by atoms with van der Waals surface area (Å²) < 4.78 is 11.0. The number of para-hydroxylation sites is 1. The van der Waals surface area contributed by atoms with Crippen molar-refractivity contribution in [1.29, 1.82) is 0 Å². The zero-order valence-electron chi connectivity index (χ0n) is 25.8. The monoisotopic (exact) mass is 684 g/mol. The Bertz CT molecular complexity index is 1650. The summed E-state index contributed by atoms with van der Waals surface area (Å²) in [6.45, 7) is 10.5. The second kappa shape index (κ2) is 13.9. The van der Waals surface area contributed by atoms with Crippen LogP contribution >= 0.6 is 34.8 Å². The van der Waals surface area contributed by atoms with Crippen LogP contribution in [0.15, 0.2) is 67.3 Å². The van der Waals surface area contributed by atoms with Gasteiger partial charge in [-0.1, -0.05) is 71.7 Å². The van der Waals surface area contributed by atoms with Crippen LogP contribution in [0, 0.1) is 0 Å². The molecule has 1 saturated heterocycles. The van der Waals surface area contributed by atoms with E-state index in [0.717, 1.165) is 22.3 Å². The molecule has 0 aliphatic carbocycles. The Balaban J connectivity index is 1.56. The SMILES string of the molecule is C=CCOC(=O)N1CCN(Cc2cc(-c3ccccc3Cl)c3c(c2)N(c2c(Cl)cccc2Cl)C(=O)NC3)CC1C(=O)OC(C)(C)C. The smallest absolute Gasteiger partial charge is 0.410 e. The topological polar surface area (TPSA) is 91.4 Å². The molecular formula is C34H35Cl3N4O5. The Morgan fingerprint density at radius 1 is 1.00 bits per heavy atom. The summed E-state index contributed by atoms with van der Waals surface area (Å²) in [6, 6.07) is 15.3. The number of nitrogens with zero attached hydrogens (tertiary/aromatic N) is 3. The second-order valence-electron chi connectivity index (χ2n) is 12.0. The van der Waals surface area contributed by atoms with Crippen LogP contribution in [0.2, 0.25) is 15.1 Å². The highest BCUT2D eigenvalue weighted by Gasteiger charge is 2.39. The number of hydrogen-bond acceptors (Lipinski definition) is 6. The Labute approximate surface area is 283 Å². The first-order valence-corrected chi connectivity index (χ1v) is 15.9. The molecule has 46 heavy (non-hydrogen) atoms. The second-order valence-corrected chi connectivity index (χ2v) is 13.3. The predicted octanol–water partition coefficient (Wildman–Crippen LogP) is 7.83. The molecule has 0 spiro atoms. The molecule has 9 nitrogen and oxygen atoms in total. The van der Waals surface area contributed by atoms with Gasteiger partial charge in [-0.05, 0) is 62.2 Å². The van der Waals surface area contributed by atoms with E-state index in [-0.39, 0.29) is 32.3 Å². The van der Waals surface area contributed by atoms with Gasteiger partial charge in [0.25, 0.3) is 0 Å². The molecule has 1 unspecified atom stereocenters. The maximum Gasteiger partial charge on any atom is 0.410 e. The average Bonchev–Trinajstić information content (AvgIpc) is 3.00. The maximum atomic E-state index is 13.4.